The number of fused-ring (bicyclic) bond motifs is 1. The fraction of sp³-hybridized carbons (Fsp3) is 0.312. The number of ether oxygens (including phenoxy) is 1. The predicted molar refractivity (Wildman–Crippen MR) is 76.1 cm³/mol. The van der Waals surface area contributed by atoms with E-state index in [1.54, 1.807) is 13.0 Å². The molecule has 0 radical (unpaired) electrons. The molecule has 0 amide bonds. The number of benzene rings is 1. The number of carbonyl (C=O) groups excluding carboxylic acids is 1. The molecule has 1 aromatic carbocycles. The highest BCUT2D eigenvalue weighted by Crippen LogP contribution is 2.22. The fourth-order valence-corrected chi connectivity index (χ4v) is 1.85. The predicted octanol–water partition coefficient (Wildman–Crippen LogP) is 4.42. The van der Waals surface area contributed by atoms with Crippen LogP contribution in [0.2, 0.25) is 0 Å². The van der Waals surface area contributed by atoms with Crippen LogP contribution in [0.3, 0.4) is 0 Å². The Morgan fingerprint density at radius 3 is 2.89 bits per heavy atom. The van der Waals surface area contributed by atoms with Crippen LogP contribution in [0, 0.1) is 0 Å². The van der Waals surface area contributed by atoms with Crippen molar-refractivity contribution in [2.75, 3.05) is 6.61 Å². The first kappa shape index (κ1) is 13.4. The number of rotatable bonds is 5. The molecule has 100 valence electrons. The Morgan fingerprint density at radius 2 is 2.16 bits per heavy atom. The Bertz CT molecular complexity index is 593. The maximum atomic E-state index is 11.6. The SMILES string of the molecule is CCCC=Cc1ccc2oc(C(=O)OCC)cc2c1. The summed E-state index contributed by atoms with van der Waals surface area (Å²) in [7, 11) is 0. The first-order chi connectivity index (χ1) is 9.24. The molecule has 0 aliphatic carbocycles. The molecule has 0 saturated heterocycles. The Labute approximate surface area is 112 Å². The summed E-state index contributed by atoms with van der Waals surface area (Å²) in [5.41, 5.74) is 1.81. The van der Waals surface area contributed by atoms with Crippen molar-refractivity contribution < 1.29 is 13.9 Å². The highest BCUT2D eigenvalue weighted by atomic mass is 16.5. The lowest BCUT2D eigenvalue weighted by molar-refractivity contribution is 0.0492. The van der Waals surface area contributed by atoms with Gasteiger partial charge in [-0.2, -0.15) is 0 Å². The molecule has 0 saturated carbocycles. The van der Waals surface area contributed by atoms with Crippen LogP contribution < -0.4 is 0 Å². The van der Waals surface area contributed by atoms with Crippen molar-refractivity contribution in [3.8, 4) is 0 Å². The molecule has 19 heavy (non-hydrogen) atoms. The van der Waals surface area contributed by atoms with Gasteiger partial charge < -0.3 is 9.15 Å². The largest absolute Gasteiger partial charge is 0.460 e. The van der Waals surface area contributed by atoms with Crippen LogP contribution >= 0.6 is 0 Å². The zero-order chi connectivity index (χ0) is 13.7. The third-order valence-corrected chi connectivity index (χ3v) is 2.78. The van der Waals surface area contributed by atoms with Gasteiger partial charge in [-0.15, -0.1) is 0 Å². The lowest BCUT2D eigenvalue weighted by Gasteiger charge is -1.95. The van der Waals surface area contributed by atoms with Gasteiger partial charge in [0.2, 0.25) is 5.76 Å². The number of allylic oxidation sites excluding steroid dienone is 1. The maximum Gasteiger partial charge on any atom is 0.374 e. The molecule has 0 fully saturated rings. The van der Waals surface area contributed by atoms with E-state index in [4.69, 9.17) is 9.15 Å². The summed E-state index contributed by atoms with van der Waals surface area (Å²) in [6.45, 7) is 4.27. The van der Waals surface area contributed by atoms with Crippen molar-refractivity contribution in [3.63, 3.8) is 0 Å². The Balaban J connectivity index is 2.25. The highest BCUT2D eigenvalue weighted by molar-refractivity contribution is 5.93. The fourth-order valence-electron chi connectivity index (χ4n) is 1.85. The standard InChI is InChI=1S/C16H18O3/c1-3-5-6-7-12-8-9-14-13(10-12)11-15(19-14)16(17)18-4-2/h6-11H,3-5H2,1-2H3. The van der Waals surface area contributed by atoms with Gasteiger partial charge >= 0.3 is 5.97 Å². The van der Waals surface area contributed by atoms with Gasteiger partial charge in [-0.25, -0.2) is 4.79 Å². The summed E-state index contributed by atoms with van der Waals surface area (Å²) >= 11 is 0. The molecule has 0 atom stereocenters. The van der Waals surface area contributed by atoms with Gasteiger partial charge in [0.05, 0.1) is 6.61 Å². The van der Waals surface area contributed by atoms with Crippen molar-refractivity contribution in [2.45, 2.75) is 26.7 Å². The van der Waals surface area contributed by atoms with E-state index in [9.17, 15) is 4.79 Å². The number of hydrogen-bond acceptors (Lipinski definition) is 3. The van der Waals surface area contributed by atoms with Crippen LogP contribution in [0.4, 0.5) is 0 Å². The van der Waals surface area contributed by atoms with Gasteiger partial charge in [0.1, 0.15) is 5.58 Å². The first-order valence-electron chi connectivity index (χ1n) is 6.62. The van der Waals surface area contributed by atoms with Gasteiger partial charge in [0.25, 0.3) is 0 Å². The quantitative estimate of drug-likeness (QED) is 0.745. The zero-order valence-corrected chi connectivity index (χ0v) is 11.3. The molecular weight excluding hydrogens is 240 g/mol. The van der Waals surface area contributed by atoms with E-state index in [0.717, 1.165) is 23.8 Å². The average molecular weight is 258 g/mol. The second-order valence-electron chi connectivity index (χ2n) is 4.32. The number of carbonyl (C=O) groups is 1. The van der Waals surface area contributed by atoms with Gasteiger partial charge in [-0.05, 0) is 37.1 Å². The van der Waals surface area contributed by atoms with Crippen molar-refractivity contribution >= 4 is 23.0 Å². The minimum atomic E-state index is -0.415. The third kappa shape index (κ3) is 3.25. The molecule has 3 heteroatoms. The van der Waals surface area contributed by atoms with E-state index in [-0.39, 0.29) is 5.76 Å². The van der Waals surface area contributed by atoms with Crippen molar-refractivity contribution in [2.24, 2.45) is 0 Å². The molecule has 0 aliphatic heterocycles. The molecule has 2 aromatic rings. The lowest BCUT2D eigenvalue weighted by atomic mass is 10.1. The van der Waals surface area contributed by atoms with E-state index in [1.807, 2.05) is 18.2 Å². The van der Waals surface area contributed by atoms with E-state index in [0.29, 0.717) is 12.2 Å². The van der Waals surface area contributed by atoms with Gasteiger partial charge in [0, 0.05) is 5.39 Å². The van der Waals surface area contributed by atoms with Crippen LogP contribution in [0.25, 0.3) is 17.0 Å². The second kappa shape index (κ2) is 6.23. The van der Waals surface area contributed by atoms with E-state index in [2.05, 4.69) is 19.1 Å². The molecule has 1 heterocycles. The summed E-state index contributed by atoms with van der Waals surface area (Å²) in [5.74, 6) is -0.159. The summed E-state index contributed by atoms with van der Waals surface area (Å²) < 4.78 is 10.4. The summed E-state index contributed by atoms with van der Waals surface area (Å²) in [6.07, 6.45) is 6.43. The third-order valence-electron chi connectivity index (χ3n) is 2.78. The van der Waals surface area contributed by atoms with Crippen LogP contribution in [-0.2, 0) is 4.74 Å². The zero-order valence-electron chi connectivity index (χ0n) is 11.3. The normalized spacial score (nSPS) is 11.3. The molecule has 2 rings (SSSR count). The smallest absolute Gasteiger partial charge is 0.374 e. The minimum Gasteiger partial charge on any atom is -0.460 e. The van der Waals surface area contributed by atoms with Crippen LogP contribution in [0.5, 0.6) is 0 Å². The number of esters is 1. The van der Waals surface area contributed by atoms with E-state index < -0.39 is 5.97 Å². The van der Waals surface area contributed by atoms with Crippen molar-refractivity contribution in [1.29, 1.82) is 0 Å². The number of hydrogen-bond donors (Lipinski definition) is 0. The molecule has 0 unspecified atom stereocenters. The van der Waals surface area contributed by atoms with E-state index in [1.165, 1.54) is 0 Å². The Morgan fingerprint density at radius 1 is 1.32 bits per heavy atom. The molecule has 1 aromatic heterocycles. The molecule has 0 bridgehead atoms. The minimum absolute atomic E-state index is 0.256. The number of furan rings is 1. The molecule has 0 spiro atoms. The second-order valence-corrected chi connectivity index (χ2v) is 4.32. The van der Waals surface area contributed by atoms with Crippen molar-refractivity contribution in [1.82, 2.24) is 0 Å². The molecule has 3 nitrogen and oxygen atoms in total. The topological polar surface area (TPSA) is 39.4 Å². The molecule has 0 N–H and O–H groups in total. The van der Waals surface area contributed by atoms with Gasteiger partial charge in [-0.1, -0.05) is 31.6 Å². The van der Waals surface area contributed by atoms with Crippen LogP contribution in [-0.4, -0.2) is 12.6 Å². The Kier molecular flexibility index (Phi) is 4.39. The monoisotopic (exact) mass is 258 g/mol. The highest BCUT2D eigenvalue weighted by Gasteiger charge is 2.12. The average Bonchev–Trinajstić information content (AvgIpc) is 2.82. The first-order valence-corrected chi connectivity index (χ1v) is 6.62. The number of unbranched alkanes of at least 4 members (excludes halogenated alkanes) is 1. The lowest BCUT2D eigenvalue weighted by Crippen LogP contribution is -2.02. The van der Waals surface area contributed by atoms with Crippen LogP contribution in [0.1, 0.15) is 42.8 Å². The summed E-state index contributed by atoms with van der Waals surface area (Å²) in [5, 5.41) is 0.918. The maximum absolute atomic E-state index is 11.6. The summed E-state index contributed by atoms with van der Waals surface area (Å²) in [4.78, 5) is 11.6. The van der Waals surface area contributed by atoms with E-state index >= 15 is 0 Å². The molecular formula is C16H18O3. The van der Waals surface area contributed by atoms with Crippen molar-refractivity contribution in [3.05, 3.63) is 41.7 Å². The van der Waals surface area contributed by atoms with Gasteiger partial charge in [0.15, 0.2) is 0 Å². The van der Waals surface area contributed by atoms with Gasteiger partial charge in [-0.3, -0.25) is 0 Å². The molecule has 0 aliphatic rings. The van der Waals surface area contributed by atoms with Crippen LogP contribution in [0.15, 0.2) is 34.8 Å². The summed E-state index contributed by atoms with van der Waals surface area (Å²) in [6, 6.07) is 7.59. The Hall–Kier alpha value is -2.03.